The summed E-state index contributed by atoms with van der Waals surface area (Å²) in [6.45, 7) is 6.62. The molecular formula is C18H25BrN6O3S. The van der Waals surface area contributed by atoms with Crippen molar-refractivity contribution in [1.82, 2.24) is 23.7 Å². The van der Waals surface area contributed by atoms with E-state index < -0.39 is 10.0 Å². The maximum atomic E-state index is 13.0. The van der Waals surface area contributed by atoms with Crippen LogP contribution in [0.2, 0.25) is 0 Å². The Bertz CT molecular complexity index is 964. The third-order valence-electron chi connectivity index (χ3n) is 5.00. The van der Waals surface area contributed by atoms with Gasteiger partial charge in [-0.25, -0.2) is 18.4 Å². The molecule has 1 aliphatic rings. The molecule has 1 amide bonds. The molecule has 1 saturated heterocycles. The number of anilines is 1. The highest BCUT2D eigenvalue weighted by Crippen LogP contribution is 2.20. The molecule has 3 rings (SSSR count). The molecule has 2 aromatic heterocycles. The van der Waals surface area contributed by atoms with Crippen LogP contribution in [0.5, 0.6) is 0 Å². The Morgan fingerprint density at radius 3 is 2.28 bits per heavy atom. The number of carbonyl (C=O) groups excluding carboxylic acids is 1. The number of carbonyl (C=O) groups is 1. The summed E-state index contributed by atoms with van der Waals surface area (Å²) in [7, 11) is -1.91. The molecular weight excluding hydrogens is 460 g/mol. The lowest BCUT2D eigenvalue weighted by Gasteiger charge is -2.34. The minimum atomic E-state index is -3.60. The van der Waals surface area contributed by atoms with Crippen LogP contribution in [0.4, 0.5) is 5.95 Å². The average Bonchev–Trinajstić information content (AvgIpc) is 3.11. The van der Waals surface area contributed by atoms with Crippen molar-refractivity contribution in [3.63, 3.8) is 0 Å². The second-order valence-corrected chi connectivity index (χ2v) is 9.60. The van der Waals surface area contributed by atoms with Crippen molar-refractivity contribution < 1.29 is 13.2 Å². The van der Waals surface area contributed by atoms with Gasteiger partial charge in [-0.05, 0) is 22.0 Å². The highest BCUT2D eigenvalue weighted by molar-refractivity contribution is 9.10. The first kappa shape index (κ1) is 21.7. The first-order valence-corrected chi connectivity index (χ1v) is 11.7. The summed E-state index contributed by atoms with van der Waals surface area (Å²) in [5.41, 5.74) is 0.365. The topological polar surface area (TPSA) is 91.6 Å². The molecule has 0 bridgehead atoms. The predicted molar refractivity (Wildman–Crippen MR) is 113 cm³/mol. The van der Waals surface area contributed by atoms with Crippen LogP contribution in [0, 0.1) is 0 Å². The van der Waals surface area contributed by atoms with Crippen molar-refractivity contribution in [3.05, 3.63) is 34.8 Å². The monoisotopic (exact) mass is 484 g/mol. The fraction of sp³-hybridized carbons (Fsp3) is 0.500. The second-order valence-electron chi connectivity index (χ2n) is 6.74. The fourth-order valence-corrected chi connectivity index (χ4v) is 5.08. The standard InChI is InChI=1S/C18H25BrN6O3S/c1-4-25(5-2)29(27,28)15-10-16(22(3)13-15)17(26)23-6-8-24(9-7-23)18-20-11-14(19)12-21-18/h10-13H,4-9H2,1-3H3. The Kier molecular flexibility index (Phi) is 6.59. The van der Waals surface area contributed by atoms with Crippen LogP contribution in [0.3, 0.4) is 0 Å². The van der Waals surface area contributed by atoms with Gasteiger partial charge in [0.25, 0.3) is 5.91 Å². The van der Waals surface area contributed by atoms with Crippen molar-refractivity contribution in [3.8, 4) is 0 Å². The summed E-state index contributed by atoms with van der Waals surface area (Å²) in [6.07, 6.45) is 4.90. The van der Waals surface area contributed by atoms with E-state index in [1.54, 1.807) is 42.8 Å². The molecule has 2 aromatic rings. The van der Waals surface area contributed by atoms with Gasteiger partial charge in [0, 0.05) is 64.9 Å². The lowest BCUT2D eigenvalue weighted by Crippen LogP contribution is -2.49. The molecule has 0 radical (unpaired) electrons. The quantitative estimate of drug-likeness (QED) is 0.617. The van der Waals surface area contributed by atoms with E-state index in [-0.39, 0.29) is 10.8 Å². The summed E-state index contributed by atoms with van der Waals surface area (Å²) in [4.78, 5) is 25.5. The van der Waals surface area contributed by atoms with Gasteiger partial charge in [0.1, 0.15) is 10.6 Å². The first-order valence-electron chi connectivity index (χ1n) is 9.46. The number of hydrogen-bond acceptors (Lipinski definition) is 6. The lowest BCUT2D eigenvalue weighted by atomic mass is 10.3. The summed E-state index contributed by atoms with van der Waals surface area (Å²) in [6, 6.07) is 1.47. The first-order chi connectivity index (χ1) is 13.8. The summed E-state index contributed by atoms with van der Waals surface area (Å²) < 4.78 is 29.3. The van der Waals surface area contributed by atoms with E-state index in [9.17, 15) is 13.2 Å². The van der Waals surface area contributed by atoms with Crippen molar-refractivity contribution in [2.45, 2.75) is 18.7 Å². The van der Waals surface area contributed by atoms with Gasteiger partial charge >= 0.3 is 0 Å². The van der Waals surface area contributed by atoms with Crippen LogP contribution in [-0.2, 0) is 17.1 Å². The molecule has 1 aliphatic heterocycles. The van der Waals surface area contributed by atoms with Crippen molar-refractivity contribution in [1.29, 1.82) is 0 Å². The predicted octanol–water partition coefficient (Wildman–Crippen LogP) is 1.57. The molecule has 0 atom stereocenters. The number of sulfonamides is 1. The third-order valence-corrected chi connectivity index (χ3v) is 7.42. The number of aromatic nitrogens is 3. The molecule has 3 heterocycles. The Balaban J connectivity index is 1.72. The number of aryl methyl sites for hydroxylation is 1. The maximum Gasteiger partial charge on any atom is 0.270 e. The van der Waals surface area contributed by atoms with Crippen LogP contribution >= 0.6 is 15.9 Å². The molecule has 9 nitrogen and oxygen atoms in total. The van der Waals surface area contributed by atoms with Gasteiger partial charge in [0.05, 0.1) is 4.47 Å². The molecule has 158 valence electrons. The van der Waals surface area contributed by atoms with Crippen molar-refractivity contribution in [2.75, 3.05) is 44.2 Å². The van der Waals surface area contributed by atoms with Crippen LogP contribution < -0.4 is 4.90 Å². The summed E-state index contributed by atoms with van der Waals surface area (Å²) >= 11 is 3.32. The zero-order valence-electron chi connectivity index (χ0n) is 16.7. The largest absolute Gasteiger partial charge is 0.345 e. The van der Waals surface area contributed by atoms with E-state index in [4.69, 9.17) is 0 Å². The van der Waals surface area contributed by atoms with E-state index in [2.05, 4.69) is 25.9 Å². The van der Waals surface area contributed by atoms with Crippen molar-refractivity contribution >= 4 is 37.8 Å². The summed E-state index contributed by atoms with van der Waals surface area (Å²) in [5, 5.41) is 0. The molecule has 0 spiro atoms. The smallest absolute Gasteiger partial charge is 0.270 e. The Morgan fingerprint density at radius 1 is 1.14 bits per heavy atom. The molecule has 11 heteroatoms. The summed E-state index contributed by atoms with van der Waals surface area (Å²) in [5.74, 6) is 0.455. The van der Waals surface area contributed by atoms with Gasteiger partial charge in [0.15, 0.2) is 0 Å². The fourth-order valence-electron chi connectivity index (χ4n) is 3.34. The Morgan fingerprint density at radius 2 is 1.72 bits per heavy atom. The molecule has 0 N–H and O–H groups in total. The normalized spacial score (nSPS) is 15.2. The van der Waals surface area contributed by atoms with E-state index in [1.165, 1.54) is 16.6 Å². The van der Waals surface area contributed by atoms with Gasteiger partial charge in [-0.1, -0.05) is 13.8 Å². The number of rotatable bonds is 6. The van der Waals surface area contributed by atoms with Crippen LogP contribution in [0.1, 0.15) is 24.3 Å². The molecule has 0 aromatic carbocycles. The SMILES string of the molecule is CCN(CC)S(=O)(=O)c1cc(C(=O)N2CCN(c3ncc(Br)cn3)CC2)n(C)c1. The second kappa shape index (κ2) is 8.80. The molecule has 0 saturated carbocycles. The van der Waals surface area contributed by atoms with E-state index in [0.29, 0.717) is 50.9 Å². The minimum absolute atomic E-state index is 0.147. The number of halogens is 1. The third kappa shape index (κ3) is 4.46. The average molecular weight is 485 g/mol. The lowest BCUT2D eigenvalue weighted by molar-refractivity contribution is 0.0736. The minimum Gasteiger partial charge on any atom is -0.345 e. The van der Waals surface area contributed by atoms with Crippen molar-refractivity contribution in [2.24, 2.45) is 7.05 Å². The number of amides is 1. The molecule has 0 unspecified atom stereocenters. The van der Waals surface area contributed by atoms with Gasteiger partial charge < -0.3 is 14.4 Å². The van der Waals surface area contributed by atoms with E-state index >= 15 is 0 Å². The van der Waals surface area contributed by atoms with Gasteiger partial charge in [-0.2, -0.15) is 4.31 Å². The van der Waals surface area contributed by atoms with Crippen LogP contribution in [0.15, 0.2) is 34.0 Å². The number of piperazine rings is 1. The Hall–Kier alpha value is -1.98. The highest BCUT2D eigenvalue weighted by atomic mass is 79.9. The Labute approximate surface area is 179 Å². The van der Waals surface area contributed by atoms with Crippen LogP contribution in [0.25, 0.3) is 0 Å². The van der Waals surface area contributed by atoms with Gasteiger partial charge in [0.2, 0.25) is 16.0 Å². The van der Waals surface area contributed by atoms with E-state index in [0.717, 1.165) is 4.47 Å². The molecule has 29 heavy (non-hydrogen) atoms. The van der Waals surface area contributed by atoms with Crippen LogP contribution in [-0.4, -0.2) is 77.3 Å². The number of hydrogen-bond donors (Lipinski definition) is 0. The number of nitrogens with zero attached hydrogens (tertiary/aromatic N) is 6. The van der Waals surface area contributed by atoms with Gasteiger partial charge in [-0.3, -0.25) is 4.79 Å². The zero-order chi connectivity index (χ0) is 21.2. The van der Waals surface area contributed by atoms with E-state index in [1.807, 2.05) is 4.90 Å². The zero-order valence-corrected chi connectivity index (χ0v) is 19.1. The molecule has 0 aliphatic carbocycles. The van der Waals surface area contributed by atoms with Gasteiger partial charge in [-0.15, -0.1) is 0 Å². The highest BCUT2D eigenvalue weighted by Gasteiger charge is 2.29. The maximum absolute atomic E-state index is 13.0. The molecule has 1 fully saturated rings.